The minimum absolute atomic E-state index is 0.199. The molecule has 1 unspecified atom stereocenters. The first kappa shape index (κ1) is 25.1. The van der Waals surface area contributed by atoms with E-state index in [4.69, 9.17) is 15.1 Å². The van der Waals surface area contributed by atoms with Crippen LogP contribution in [0.4, 0.5) is 0 Å². The summed E-state index contributed by atoms with van der Waals surface area (Å²) in [4.78, 5) is 0. The third kappa shape index (κ3) is 4.61. The van der Waals surface area contributed by atoms with Gasteiger partial charge in [0.2, 0.25) is 0 Å². The number of furan rings is 1. The number of nitriles is 1. The minimum atomic E-state index is -0.199. The molecule has 0 radical (unpaired) electrons. The van der Waals surface area contributed by atoms with Crippen LogP contribution in [0, 0.1) is 16.7 Å². The van der Waals surface area contributed by atoms with Crippen LogP contribution in [-0.4, -0.2) is 12.0 Å². The molecule has 0 fully saturated rings. The zero-order valence-electron chi connectivity index (χ0n) is 22.6. The van der Waals surface area contributed by atoms with Gasteiger partial charge >= 0.3 is 0 Å². The molecule has 0 bridgehead atoms. The Morgan fingerprint density at radius 1 is 0.762 bits per heavy atom. The predicted octanol–water partition coefficient (Wildman–Crippen LogP) is 8.23. The third-order valence-corrected chi connectivity index (χ3v) is 7.67. The molecule has 1 aliphatic rings. The van der Waals surface area contributed by atoms with Gasteiger partial charge in [0.25, 0.3) is 0 Å². The number of hydrogen-bond donors (Lipinski definition) is 3. The van der Waals surface area contributed by atoms with E-state index >= 15 is 0 Å². The number of amidine groups is 1. The molecule has 3 N–H and O–H groups in total. The van der Waals surface area contributed by atoms with Gasteiger partial charge in [-0.05, 0) is 58.8 Å². The molecule has 200 valence electrons. The fourth-order valence-electron chi connectivity index (χ4n) is 5.49. The molecule has 7 rings (SSSR count). The highest BCUT2D eigenvalue weighted by molar-refractivity contribution is 6.10. The van der Waals surface area contributed by atoms with Crippen LogP contribution >= 0.6 is 0 Å². The number of dihydropyridines is 1. The van der Waals surface area contributed by atoms with Gasteiger partial charge in [-0.3, -0.25) is 5.41 Å². The van der Waals surface area contributed by atoms with E-state index in [2.05, 4.69) is 65.2 Å². The van der Waals surface area contributed by atoms with E-state index in [0.717, 1.165) is 60.9 Å². The summed E-state index contributed by atoms with van der Waals surface area (Å²) in [6, 6.07) is 40.4. The molecule has 5 nitrogen and oxygen atoms in total. The topological polar surface area (TPSA) is 84.8 Å². The Labute approximate surface area is 243 Å². The summed E-state index contributed by atoms with van der Waals surface area (Å²) in [5.74, 6) is 0.350. The number of fused-ring (bicyclic) bond motifs is 3. The van der Waals surface area contributed by atoms with Gasteiger partial charge in [-0.15, -0.1) is 0 Å². The van der Waals surface area contributed by atoms with Crippen LogP contribution in [0.1, 0.15) is 16.7 Å². The monoisotopic (exact) mass is 542 g/mol. The van der Waals surface area contributed by atoms with E-state index in [1.54, 1.807) is 0 Å². The summed E-state index contributed by atoms with van der Waals surface area (Å²) in [5, 5.41) is 26.7. The maximum absolute atomic E-state index is 9.16. The fourth-order valence-corrected chi connectivity index (χ4v) is 5.49. The SMILES string of the molecule is N#Cc1ccc(-c2cccc3c2oc2ccc(-c4ccc(C(=N)NC5NC=CC=C5c5ccccc5)cc4)cc23)cc1. The van der Waals surface area contributed by atoms with Crippen molar-refractivity contribution in [1.29, 1.82) is 10.7 Å². The molecule has 5 aromatic carbocycles. The molecule has 2 heterocycles. The Kier molecular flexibility index (Phi) is 6.35. The standard InChI is InChI=1S/C37H26N4O/c38-23-24-11-13-27(14-12-24)30-8-4-9-32-33-22-29(19-20-34(33)42-35(30)32)25-15-17-28(18-16-25)36(39)41-37-31(10-5-21-40-37)26-6-2-1-3-7-26/h1-22,37,40H,(H2,39,41). The average Bonchev–Trinajstić information content (AvgIpc) is 3.44. The highest BCUT2D eigenvalue weighted by Gasteiger charge is 2.18. The first-order chi connectivity index (χ1) is 20.7. The second-order valence-electron chi connectivity index (χ2n) is 10.2. The highest BCUT2D eigenvalue weighted by Crippen LogP contribution is 2.37. The Morgan fingerprint density at radius 3 is 2.31 bits per heavy atom. The van der Waals surface area contributed by atoms with Crippen LogP contribution < -0.4 is 10.6 Å². The summed E-state index contributed by atoms with van der Waals surface area (Å²) in [6.45, 7) is 0. The Balaban J connectivity index is 1.15. The van der Waals surface area contributed by atoms with Crippen molar-refractivity contribution in [3.8, 4) is 28.3 Å². The molecule has 1 aliphatic heterocycles. The van der Waals surface area contributed by atoms with Gasteiger partial charge in [-0.1, -0.05) is 97.1 Å². The summed E-state index contributed by atoms with van der Waals surface area (Å²) in [6.07, 6.45) is 5.75. The molecule has 0 amide bonds. The Hall–Kier alpha value is -5.86. The summed E-state index contributed by atoms with van der Waals surface area (Å²) < 4.78 is 6.33. The molecule has 1 atom stereocenters. The van der Waals surface area contributed by atoms with Crippen LogP contribution in [0.3, 0.4) is 0 Å². The molecule has 0 spiro atoms. The van der Waals surface area contributed by atoms with Gasteiger partial charge in [0.05, 0.1) is 11.6 Å². The van der Waals surface area contributed by atoms with Gasteiger partial charge in [-0.25, -0.2) is 0 Å². The third-order valence-electron chi connectivity index (χ3n) is 7.67. The summed E-state index contributed by atoms with van der Waals surface area (Å²) in [7, 11) is 0. The normalized spacial score (nSPS) is 14.3. The van der Waals surface area contributed by atoms with Crippen LogP contribution in [0.25, 0.3) is 49.8 Å². The molecular formula is C37H26N4O. The number of nitrogens with zero attached hydrogens (tertiary/aromatic N) is 1. The van der Waals surface area contributed by atoms with Crippen molar-refractivity contribution >= 4 is 33.3 Å². The van der Waals surface area contributed by atoms with E-state index < -0.39 is 0 Å². The van der Waals surface area contributed by atoms with E-state index in [-0.39, 0.29) is 6.17 Å². The molecule has 6 aromatic rings. The first-order valence-corrected chi connectivity index (χ1v) is 13.8. The maximum Gasteiger partial charge on any atom is 0.143 e. The molecule has 0 saturated heterocycles. The van der Waals surface area contributed by atoms with Crippen LogP contribution in [0.5, 0.6) is 0 Å². The molecule has 42 heavy (non-hydrogen) atoms. The van der Waals surface area contributed by atoms with Crippen molar-refractivity contribution in [3.63, 3.8) is 0 Å². The van der Waals surface area contributed by atoms with Crippen molar-refractivity contribution in [2.24, 2.45) is 0 Å². The average molecular weight is 543 g/mol. The van der Waals surface area contributed by atoms with E-state index in [9.17, 15) is 0 Å². The van der Waals surface area contributed by atoms with Crippen molar-refractivity contribution < 1.29 is 4.42 Å². The highest BCUT2D eigenvalue weighted by atomic mass is 16.3. The number of benzene rings is 5. The largest absolute Gasteiger partial charge is 0.455 e. The maximum atomic E-state index is 9.16. The van der Waals surface area contributed by atoms with E-state index in [1.807, 2.05) is 85.1 Å². The molecule has 1 aromatic heterocycles. The second-order valence-corrected chi connectivity index (χ2v) is 10.2. The Bertz CT molecular complexity index is 2040. The smallest absolute Gasteiger partial charge is 0.143 e. The molecule has 5 heteroatoms. The molecule has 0 aliphatic carbocycles. The lowest BCUT2D eigenvalue weighted by molar-refractivity contribution is 0.670. The van der Waals surface area contributed by atoms with Crippen LogP contribution in [0.15, 0.2) is 138 Å². The van der Waals surface area contributed by atoms with Crippen molar-refractivity contribution in [3.05, 3.63) is 150 Å². The number of nitrogens with one attached hydrogen (secondary N) is 3. The quantitative estimate of drug-likeness (QED) is 0.151. The minimum Gasteiger partial charge on any atom is -0.455 e. The number of hydrogen-bond acceptors (Lipinski definition) is 4. The Morgan fingerprint density at radius 2 is 1.52 bits per heavy atom. The predicted molar refractivity (Wildman–Crippen MR) is 170 cm³/mol. The van der Waals surface area contributed by atoms with Crippen molar-refractivity contribution in [2.45, 2.75) is 6.17 Å². The van der Waals surface area contributed by atoms with Gasteiger partial charge in [0.15, 0.2) is 0 Å². The fraction of sp³-hybridized carbons (Fsp3) is 0.0270. The van der Waals surface area contributed by atoms with Gasteiger partial charge < -0.3 is 15.1 Å². The zero-order valence-corrected chi connectivity index (χ0v) is 22.6. The zero-order chi connectivity index (χ0) is 28.5. The lowest BCUT2D eigenvalue weighted by Crippen LogP contribution is -2.44. The summed E-state index contributed by atoms with van der Waals surface area (Å²) in [5.41, 5.74) is 9.45. The van der Waals surface area contributed by atoms with Crippen LogP contribution in [-0.2, 0) is 0 Å². The summed E-state index contributed by atoms with van der Waals surface area (Å²) >= 11 is 0. The molecule has 0 saturated carbocycles. The lowest BCUT2D eigenvalue weighted by atomic mass is 9.99. The number of para-hydroxylation sites is 1. The van der Waals surface area contributed by atoms with Gasteiger partial charge in [-0.2, -0.15) is 5.26 Å². The number of allylic oxidation sites excluding steroid dienone is 2. The van der Waals surface area contributed by atoms with Crippen molar-refractivity contribution in [1.82, 2.24) is 10.6 Å². The van der Waals surface area contributed by atoms with Gasteiger partial charge in [0.1, 0.15) is 23.2 Å². The first-order valence-electron chi connectivity index (χ1n) is 13.8. The van der Waals surface area contributed by atoms with E-state index in [0.29, 0.717) is 11.4 Å². The van der Waals surface area contributed by atoms with Gasteiger partial charge in [0, 0.05) is 27.5 Å². The van der Waals surface area contributed by atoms with Crippen molar-refractivity contribution in [2.75, 3.05) is 0 Å². The van der Waals surface area contributed by atoms with Crippen LogP contribution in [0.2, 0.25) is 0 Å². The number of rotatable bonds is 5. The second kappa shape index (κ2) is 10.6. The lowest BCUT2D eigenvalue weighted by Gasteiger charge is -2.26. The van der Waals surface area contributed by atoms with E-state index in [1.165, 1.54) is 0 Å². The molecular weight excluding hydrogens is 516 g/mol.